The zero-order valence-electron chi connectivity index (χ0n) is 7.58. The van der Waals surface area contributed by atoms with Crippen LogP contribution in [0.4, 0.5) is 0 Å². The van der Waals surface area contributed by atoms with Gasteiger partial charge in [0.05, 0.1) is 6.07 Å². The van der Waals surface area contributed by atoms with E-state index in [2.05, 4.69) is 0 Å². The third kappa shape index (κ3) is 3.12. The van der Waals surface area contributed by atoms with Crippen LogP contribution in [-0.4, -0.2) is 11.1 Å². The molecule has 0 saturated heterocycles. The molecule has 5 heteroatoms. The fraction of sp³-hybridized carbons (Fsp3) is 0.200. The first-order valence-electron chi connectivity index (χ1n) is 4.11. The minimum atomic E-state index is -1.15. The average molecular weight is 244 g/mol. The fourth-order valence-electron chi connectivity index (χ4n) is 1.10. The van der Waals surface area contributed by atoms with Gasteiger partial charge in [0, 0.05) is 16.5 Å². The molecule has 0 amide bonds. The van der Waals surface area contributed by atoms with Crippen LogP contribution in [0.25, 0.3) is 0 Å². The lowest BCUT2D eigenvalue weighted by atomic mass is 10.0. The van der Waals surface area contributed by atoms with Crippen molar-refractivity contribution in [2.75, 3.05) is 0 Å². The minimum absolute atomic E-state index is 0.0852. The number of halogens is 2. The van der Waals surface area contributed by atoms with Crippen molar-refractivity contribution in [2.45, 2.75) is 6.42 Å². The van der Waals surface area contributed by atoms with Crippen LogP contribution in [0.15, 0.2) is 18.2 Å². The molecule has 0 fully saturated rings. The Morgan fingerprint density at radius 2 is 2.20 bits per heavy atom. The van der Waals surface area contributed by atoms with Crippen molar-refractivity contribution >= 4 is 29.2 Å². The first-order valence-corrected chi connectivity index (χ1v) is 4.86. The van der Waals surface area contributed by atoms with Crippen LogP contribution in [0.3, 0.4) is 0 Å². The van der Waals surface area contributed by atoms with Crippen molar-refractivity contribution in [1.29, 1.82) is 5.26 Å². The SMILES string of the molecule is N#C[C@@H](Cc1ccc(Cl)cc1Cl)C(=O)O. The minimum Gasteiger partial charge on any atom is -0.480 e. The summed E-state index contributed by atoms with van der Waals surface area (Å²) in [6.07, 6.45) is 0.0852. The number of rotatable bonds is 3. The van der Waals surface area contributed by atoms with Gasteiger partial charge in [-0.15, -0.1) is 0 Å². The first-order chi connectivity index (χ1) is 7.04. The van der Waals surface area contributed by atoms with Gasteiger partial charge < -0.3 is 5.11 Å². The second-order valence-electron chi connectivity index (χ2n) is 2.96. The summed E-state index contributed by atoms with van der Waals surface area (Å²) in [5, 5.41) is 18.1. The Bertz CT molecular complexity index is 426. The highest BCUT2D eigenvalue weighted by Crippen LogP contribution is 2.23. The van der Waals surface area contributed by atoms with Crippen molar-refractivity contribution < 1.29 is 9.90 Å². The summed E-state index contributed by atoms with van der Waals surface area (Å²) in [6.45, 7) is 0. The van der Waals surface area contributed by atoms with E-state index in [0.717, 1.165) is 0 Å². The molecule has 1 rings (SSSR count). The molecule has 0 heterocycles. The number of nitrogens with zero attached hydrogens (tertiary/aromatic N) is 1. The van der Waals surface area contributed by atoms with E-state index >= 15 is 0 Å². The molecule has 1 aromatic carbocycles. The maximum absolute atomic E-state index is 10.6. The van der Waals surface area contributed by atoms with Gasteiger partial charge in [-0.3, -0.25) is 4.79 Å². The highest BCUT2D eigenvalue weighted by Gasteiger charge is 2.18. The van der Waals surface area contributed by atoms with Gasteiger partial charge in [0.25, 0.3) is 0 Å². The number of carbonyl (C=O) groups is 1. The molecule has 78 valence electrons. The van der Waals surface area contributed by atoms with Crippen molar-refractivity contribution in [3.05, 3.63) is 33.8 Å². The van der Waals surface area contributed by atoms with E-state index < -0.39 is 11.9 Å². The van der Waals surface area contributed by atoms with Crippen LogP contribution in [0.1, 0.15) is 5.56 Å². The lowest BCUT2D eigenvalue weighted by Gasteiger charge is -2.06. The van der Waals surface area contributed by atoms with Crippen molar-refractivity contribution in [3.63, 3.8) is 0 Å². The molecule has 0 bridgehead atoms. The van der Waals surface area contributed by atoms with E-state index in [1.54, 1.807) is 18.2 Å². The second-order valence-corrected chi connectivity index (χ2v) is 3.80. The van der Waals surface area contributed by atoms with Gasteiger partial charge in [0.15, 0.2) is 0 Å². The largest absolute Gasteiger partial charge is 0.480 e. The summed E-state index contributed by atoms with van der Waals surface area (Å²) >= 11 is 11.5. The van der Waals surface area contributed by atoms with E-state index in [9.17, 15) is 4.79 Å². The normalized spacial score (nSPS) is 11.8. The molecule has 15 heavy (non-hydrogen) atoms. The third-order valence-corrected chi connectivity index (χ3v) is 2.48. The van der Waals surface area contributed by atoms with Gasteiger partial charge >= 0.3 is 5.97 Å². The third-order valence-electron chi connectivity index (χ3n) is 1.89. The van der Waals surface area contributed by atoms with E-state index in [1.165, 1.54) is 6.07 Å². The van der Waals surface area contributed by atoms with Crippen LogP contribution in [-0.2, 0) is 11.2 Å². The summed E-state index contributed by atoms with van der Waals surface area (Å²) in [4.78, 5) is 10.6. The number of hydrogen-bond donors (Lipinski definition) is 1. The summed E-state index contributed by atoms with van der Waals surface area (Å²) in [7, 11) is 0. The maximum Gasteiger partial charge on any atom is 0.321 e. The lowest BCUT2D eigenvalue weighted by molar-refractivity contribution is -0.139. The summed E-state index contributed by atoms with van der Waals surface area (Å²) in [6, 6.07) is 6.46. The van der Waals surface area contributed by atoms with Gasteiger partial charge in [-0.1, -0.05) is 29.3 Å². The number of nitriles is 1. The van der Waals surface area contributed by atoms with Gasteiger partial charge in [0.2, 0.25) is 0 Å². The van der Waals surface area contributed by atoms with Crippen LogP contribution in [0.2, 0.25) is 10.0 Å². The molecular formula is C10H7Cl2NO2. The summed E-state index contributed by atoms with van der Waals surface area (Å²) < 4.78 is 0. The van der Waals surface area contributed by atoms with E-state index in [0.29, 0.717) is 15.6 Å². The number of benzene rings is 1. The average Bonchev–Trinajstić information content (AvgIpc) is 2.16. The zero-order chi connectivity index (χ0) is 11.4. The Morgan fingerprint density at radius 1 is 1.53 bits per heavy atom. The van der Waals surface area contributed by atoms with Crippen LogP contribution in [0.5, 0.6) is 0 Å². The van der Waals surface area contributed by atoms with Crippen molar-refractivity contribution in [3.8, 4) is 6.07 Å². The molecule has 1 aromatic rings. The molecule has 0 saturated carbocycles. The molecule has 0 aromatic heterocycles. The Kier molecular flexibility index (Phi) is 3.96. The fourth-order valence-corrected chi connectivity index (χ4v) is 1.58. The smallest absolute Gasteiger partial charge is 0.321 e. The molecule has 0 unspecified atom stereocenters. The predicted octanol–water partition coefficient (Wildman–Crippen LogP) is 2.76. The second kappa shape index (κ2) is 5.01. The first kappa shape index (κ1) is 11.8. The van der Waals surface area contributed by atoms with Gasteiger partial charge in [0.1, 0.15) is 5.92 Å². The molecule has 0 spiro atoms. The number of carboxylic acid groups (broad SMARTS) is 1. The molecule has 0 aliphatic carbocycles. The standard InChI is InChI=1S/C10H7Cl2NO2/c11-8-2-1-6(9(12)4-8)3-7(5-13)10(14)15/h1-2,4,7H,3H2,(H,14,15)/t7-/m1/s1. The lowest BCUT2D eigenvalue weighted by Crippen LogP contribution is -2.14. The van der Waals surface area contributed by atoms with Gasteiger partial charge in [-0.05, 0) is 17.7 Å². The molecule has 0 radical (unpaired) electrons. The highest BCUT2D eigenvalue weighted by atomic mass is 35.5. The predicted molar refractivity (Wildman–Crippen MR) is 56.9 cm³/mol. The monoisotopic (exact) mass is 243 g/mol. The Labute approximate surface area is 96.8 Å². The summed E-state index contributed by atoms with van der Waals surface area (Å²) in [5.41, 5.74) is 0.606. The van der Waals surface area contributed by atoms with Crippen LogP contribution >= 0.6 is 23.2 Å². The van der Waals surface area contributed by atoms with Crippen molar-refractivity contribution in [1.82, 2.24) is 0 Å². The van der Waals surface area contributed by atoms with Gasteiger partial charge in [-0.25, -0.2) is 0 Å². The topological polar surface area (TPSA) is 61.1 Å². The van der Waals surface area contributed by atoms with E-state index in [1.807, 2.05) is 0 Å². The molecular weight excluding hydrogens is 237 g/mol. The molecule has 0 aliphatic heterocycles. The summed E-state index contributed by atoms with van der Waals surface area (Å²) in [5.74, 6) is -2.23. The Hall–Kier alpha value is -1.24. The molecule has 1 N–H and O–H groups in total. The van der Waals surface area contributed by atoms with Crippen LogP contribution < -0.4 is 0 Å². The maximum atomic E-state index is 10.6. The van der Waals surface area contributed by atoms with Crippen molar-refractivity contribution in [2.24, 2.45) is 5.92 Å². The Balaban J connectivity index is 2.90. The Morgan fingerprint density at radius 3 is 2.67 bits per heavy atom. The van der Waals surface area contributed by atoms with Crippen LogP contribution in [0, 0.1) is 17.2 Å². The number of aliphatic carboxylic acids is 1. The van der Waals surface area contributed by atoms with E-state index in [4.69, 9.17) is 33.6 Å². The number of carboxylic acids is 1. The highest BCUT2D eigenvalue weighted by molar-refractivity contribution is 6.35. The molecule has 3 nitrogen and oxygen atoms in total. The zero-order valence-corrected chi connectivity index (χ0v) is 9.09. The molecule has 0 aliphatic rings. The quantitative estimate of drug-likeness (QED) is 0.889. The molecule has 1 atom stereocenters. The van der Waals surface area contributed by atoms with Gasteiger partial charge in [-0.2, -0.15) is 5.26 Å². The van der Waals surface area contributed by atoms with E-state index in [-0.39, 0.29) is 6.42 Å². The number of hydrogen-bond acceptors (Lipinski definition) is 2.